The van der Waals surface area contributed by atoms with Crippen molar-refractivity contribution in [2.45, 2.75) is 96.2 Å². The number of unbranched alkanes of at least 4 members (excludes halogenated alkanes) is 4. The molecule has 1 saturated heterocycles. The van der Waals surface area contributed by atoms with Crippen LogP contribution in [0, 0.1) is 0 Å². The molecule has 1 aliphatic heterocycles. The van der Waals surface area contributed by atoms with Gasteiger partial charge in [-0.3, -0.25) is 4.90 Å². The van der Waals surface area contributed by atoms with Crippen molar-refractivity contribution in [3.8, 4) is 0 Å². The molecular weight excluding hydrogens is 610 g/mol. The lowest BCUT2D eigenvalue weighted by Gasteiger charge is -2.47. The van der Waals surface area contributed by atoms with Crippen molar-refractivity contribution in [3.05, 3.63) is 156 Å². The van der Waals surface area contributed by atoms with Crippen LogP contribution in [0.1, 0.15) is 67.7 Å². The van der Waals surface area contributed by atoms with Crippen LogP contribution in [-0.4, -0.2) is 41.9 Å². The minimum absolute atomic E-state index is 0.190. The average Bonchev–Trinajstić information content (AvgIpc) is 3.16. The van der Waals surface area contributed by atoms with E-state index in [1.54, 1.807) is 0 Å². The van der Waals surface area contributed by atoms with Crippen LogP contribution < -0.4 is 0 Å². The third kappa shape index (κ3) is 11.7. The molecule has 1 heterocycles. The molecule has 258 valence electrons. The molecule has 4 aromatic rings. The topological polar surface area (TPSA) is 57.2 Å². The quantitative estimate of drug-likeness (QED) is 0.0785. The molecule has 6 nitrogen and oxygen atoms in total. The zero-order valence-corrected chi connectivity index (χ0v) is 28.8. The maximum Gasteiger partial charge on any atom is 0.410 e. The van der Waals surface area contributed by atoms with Crippen LogP contribution in [0.4, 0.5) is 4.79 Å². The number of rotatable bonds is 18. The van der Waals surface area contributed by atoms with Crippen LogP contribution in [0.25, 0.3) is 0 Å². The molecular formula is C43H51NO5. The van der Waals surface area contributed by atoms with Crippen LogP contribution in [0.15, 0.2) is 133 Å². The summed E-state index contributed by atoms with van der Waals surface area (Å²) in [5.74, 6) is 0. The summed E-state index contributed by atoms with van der Waals surface area (Å²) >= 11 is 0. The summed E-state index contributed by atoms with van der Waals surface area (Å²) in [5, 5.41) is 0. The van der Waals surface area contributed by atoms with E-state index in [2.05, 4.69) is 43.3 Å². The molecule has 1 amide bonds. The maximum absolute atomic E-state index is 14.0. The summed E-state index contributed by atoms with van der Waals surface area (Å²) in [6, 6.07) is 39.9. The summed E-state index contributed by atoms with van der Waals surface area (Å²) in [4.78, 5) is 15.9. The summed E-state index contributed by atoms with van der Waals surface area (Å²) < 4.78 is 26.2. The lowest BCUT2D eigenvalue weighted by atomic mass is 9.90. The van der Waals surface area contributed by atoms with Crippen LogP contribution in [0.3, 0.4) is 0 Å². The lowest BCUT2D eigenvalue weighted by Crippen LogP contribution is -2.64. The van der Waals surface area contributed by atoms with Gasteiger partial charge in [-0.2, -0.15) is 0 Å². The highest BCUT2D eigenvalue weighted by Crippen LogP contribution is 2.31. The normalized spacial score (nSPS) is 19.2. The van der Waals surface area contributed by atoms with Crippen molar-refractivity contribution in [1.82, 2.24) is 4.90 Å². The predicted molar refractivity (Wildman–Crippen MR) is 195 cm³/mol. The number of allylic oxidation sites excluding steroid dienone is 1. The van der Waals surface area contributed by atoms with E-state index in [9.17, 15) is 4.79 Å². The molecule has 0 aromatic heterocycles. The van der Waals surface area contributed by atoms with Gasteiger partial charge in [0.1, 0.15) is 24.9 Å². The zero-order chi connectivity index (χ0) is 33.9. The van der Waals surface area contributed by atoms with Crippen LogP contribution in [0.5, 0.6) is 0 Å². The minimum atomic E-state index is -0.479. The predicted octanol–water partition coefficient (Wildman–Crippen LogP) is 9.68. The van der Waals surface area contributed by atoms with E-state index < -0.39 is 18.3 Å². The van der Waals surface area contributed by atoms with Gasteiger partial charge in [-0.1, -0.05) is 160 Å². The zero-order valence-electron chi connectivity index (χ0n) is 28.8. The number of carbonyl (C=O) groups is 1. The molecule has 0 radical (unpaired) electrons. The molecule has 49 heavy (non-hydrogen) atoms. The smallest absolute Gasteiger partial charge is 0.410 e. The second-order valence-electron chi connectivity index (χ2n) is 12.7. The molecule has 5 rings (SSSR count). The first-order valence-electron chi connectivity index (χ1n) is 17.8. The number of ether oxygens (including phenoxy) is 4. The Labute approximate surface area is 292 Å². The van der Waals surface area contributed by atoms with Crippen LogP contribution >= 0.6 is 0 Å². The molecule has 6 heteroatoms. The molecule has 4 aromatic carbocycles. The average molecular weight is 662 g/mol. The molecule has 4 atom stereocenters. The Morgan fingerprint density at radius 1 is 0.612 bits per heavy atom. The third-order valence-electron chi connectivity index (χ3n) is 8.93. The van der Waals surface area contributed by atoms with Crippen molar-refractivity contribution in [1.29, 1.82) is 0 Å². The number of likely N-dealkylation sites (tertiary alicyclic amines) is 1. The van der Waals surface area contributed by atoms with E-state index in [0.717, 1.165) is 35.1 Å². The van der Waals surface area contributed by atoms with Gasteiger partial charge in [0.15, 0.2) is 0 Å². The first-order chi connectivity index (χ1) is 24.2. The van der Waals surface area contributed by atoms with Crippen molar-refractivity contribution in [2.75, 3.05) is 6.54 Å². The maximum atomic E-state index is 14.0. The third-order valence-corrected chi connectivity index (χ3v) is 8.93. The molecule has 0 saturated carbocycles. The molecule has 1 fully saturated rings. The van der Waals surface area contributed by atoms with Crippen molar-refractivity contribution >= 4 is 6.09 Å². The summed E-state index contributed by atoms with van der Waals surface area (Å²) in [7, 11) is 0. The van der Waals surface area contributed by atoms with Gasteiger partial charge in [-0.05, 0) is 41.5 Å². The number of nitrogens with zero attached hydrogens (tertiary/aromatic N) is 1. The molecule has 0 aliphatic carbocycles. The van der Waals surface area contributed by atoms with Gasteiger partial charge in [0, 0.05) is 0 Å². The second kappa shape index (κ2) is 20.3. The number of amides is 1. The van der Waals surface area contributed by atoms with Gasteiger partial charge >= 0.3 is 6.09 Å². The number of carbonyl (C=O) groups excluding carboxylic acids is 1. The Morgan fingerprint density at radius 3 is 1.63 bits per heavy atom. The molecule has 0 spiro atoms. The largest absolute Gasteiger partial charge is 0.445 e. The van der Waals surface area contributed by atoms with Gasteiger partial charge in [0.2, 0.25) is 0 Å². The Bertz CT molecular complexity index is 1500. The van der Waals surface area contributed by atoms with Gasteiger partial charge in [0.25, 0.3) is 0 Å². The van der Waals surface area contributed by atoms with Crippen molar-refractivity contribution in [3.63, 3.8) is 0 Å². The van der Waals surface area contributed by atoms with E-state index in [-0.39, 0.29) is 18.7 Å². The minimum Gasteiger partial charge on any atom is -0.445 e. The fourth-order valence-electron chi connectivity index (χ4n) is 6.22. The SMILES string of the molecule is CCCCCC/C=C/C[C@@H]1[C@H](OCc2ccccc2)[C@@H](OCc2ccccc2)[C@H](OCc2ccccc2)CN1C(=O)OCc1ccccc1. The molecule has 1 aliphatic rings. The molecule has 0 unspecified atom stereocenters. The van der Waals surface area contributed by atoms with Crippen molar-refractivity contribution in [2.24, 2.45) is 0 Å². The van der Waals surface area contributed by atoms with Gasteiger partial charge < -0.3 is 18.9 Å². The van der Waals surface area contributed by atoms with E-state index in [1.807, 2.05) is 102 Å². The molecule has 0 bridgehead atoms. The number of hydrogen-bond donors (Lipinski definition) is 0. The van der Waals surface area contributed by atoms with Crippen LogP contribution in [-0.2, 0) is 45.4 Å². The first-order valence-corrected chi connectivity index (χ1v) is 17.8. The monoisotopic (exact) mass is 661 g/mol. The van der Waals surface area contributed by atoms with E-state index >= 15 is 0 Å². The number of hydrogen-bond acceptors (Lipinski definition) is 5. The Hall–Kier alpha value is -4.23. The first kappa shape index (κ1) is 36.1. The van der Waals surface area contributed by atoms with E-state index in [1.165, 1.54) is 19.3 Å². The summed E-state index contributed by atoms with van der Waals surface area (Å²) in [6.45, 7) is 3.91. The standard InChI is InChI=1S/C43H51NO5/c1-2-3-4-5-6-7-20-29-39-41(47-32-36-23-14-9-15-24-36)42(48-33-37-25-16-10-17-26-37)40(46-31-35-21-12-8-13-22-35)30-44(39)43(45)49-34-38-27-18-11-19-28-38/h7-28,39-42H,2-6,29-34H2,1H3/b20-7+/t39-,40-,41+,42+/m1/s1. The van der Waals surface area contributed by atoms with Crippen LogP contribution in [0.2, 0.25) is 0 Å². The highest BCUT2D eigenvalue weighted by molar-refractivity contribution is 5.68. The Balaban J connectivity index is 1.44. The van der Waals surface area contributed by atoms with Gasteiger partial charge in [0.05, 0.1) is 32.4 Å². The van der Waals surface area contributed by atoms with Gasteiger partial charge in [-0.15, -0.1) is 0 Å². The Kier molecular flexibility index (Phi) is 15.0. The fraction of sp³-hybridized carbons (Fsp3) is 0.372. The van der Waals surface area contributed by atoms with Gasteiger partial charge in [-0.25, -0.2) is 4.79 Å². The lowest BCUT2D eigenvalue weighted by molar-refractivity contribution is -0.197. The van der Waals surface area contributed by atoms with E-state index in [4.69, 9.17) is 18.9 Å². The second-order valence-corrected chi connectivity index (χ2v) is 12.7. The summed E-state index contributed by atoms with van der Waals surface area (Å²) in [6.07, 6.45) is 9.16. The number of piperidine rings is 1. The van der Waals surface area contributed by atoms with Crippen molar-refractivity contribution < 1.29 is 23.7 Å². The van der Waals surface area contributed by atoms with E-state index in [0.29, 0.717) is 32.8 Å². The number of benzene rings is 4. The fourth-order valence-corrected chi connectivity index (χ4v) is 6.22. The highest BCUT2D eigenvalue weighted by atomic mass is 16.6. The Morgan fingerprint density at radius 2 is 1.10 bits per heavy atom. The molecule has 0 N–H and O–H groups in total. The summed E-state index contributed by atoms with van der Waals surface area (Å²) in [5.41, 5.74) is 4.12. The highest BCUT2D eigenvalue weighted by Gasteiger charge is 2.47.